The minimum absolute atomic E-state index is 0.0161. The van der Waals surface area contributed by atoms with Crippen LogP contribution in [0.4, 0.5) is 0 Å². The maximum atomic E-state index is 12.3. The lowest BCUT2D eigenvalue weighted by molar-refractivity contribution is -0.171. The molecule has 0 aliphatic heterocycles. The number of nitrogens with one attached hydrogen (secondary N) is 1. The van der Waals surface area contributed by atoms with Crippen LogP contribution in [0.3, 0.4) is 0 Å². The molecule has 0 aromatic carbocycles. The molecule has 1 fully saturated rings. The van der Waals surface area contributed by atoms with Crippen LogP contribution < -0.4 is 11.1 Å². The van der Waals surface area contributed by atoms with E-state index in [2.05, 4.69) is 5.32 Å². The van der Waals surface area contributed by atoms with E-state index in [4.69, 9.17) is 15.6 Å². The van der Waals surface area contributed by atoms with Crippen molar-refractivity contribution in [3.8, 4) is 0 Å². The number of aliphatic carboxylic acids is 1. The molecule has 1 saturated carbocycles. The minimum atomic E-state index is -0.954. The van der Waals surface area contributed by atoms with Crippen molar-refractivity contribution in [3.63, 3.8) is 0 Å². The van der Waals surface area contributed by atoms with Crippen LogP contribution in [-0.4, -0.2) is 41.3 Å². The molecule has 6 nitrogen and oxygen atoms in total. The van der Waals surface area contributed by atoms with Crippen LogP contribution in [0.5, 0.6) is 0 Å². The van der Waals surface area contributed by atoms with Crippen LogP contribution in [0, 0.1) is 5.41 Å². The van der Waals surface area contributed by atoms with Crippen molar-refractivity contribution in [2.24, 2.45) is 11.1 Å². The Morgan fingerprint density at radius 2 is 2.10 bits per heavy atom. The van der Waals surface area contributed by atoms with Crippen LogP contribution >= 0.6 is 0 Å². The van der Waals surface area contributed by atoms with E-state index in [0.29, 0.717) is 19.4 Å². The lowest BCUT2D eigenvalue weighted by Gasteiger charge is -2.57. The van der Waals surface area contributed by atoms with Gasteiger partial charge in [0.15, 0.2) is 0 Å². The number of carbonyl (C=O) groups is 2. The maximum Gasteiger partial charge on any atom is 0.303 e. The summed E-state index contributed by atoms with van der Waals surface area (Å²) in [6.45, 7) is 8.16. The minimum Gasteiger partial charge on any atom is -0.481 e. The monoisotopic (exact) mass is 286 g/mol. The lowest BCUT2D eigenvalue weighted by atomic mass is 9.54. The van der Waals surface area contributed by atoms with Gasteiger partial charge in [0.25, 0.3) is 0 Å². The smallest absolute Gasteiger partial charge is 0.303 e. The van der Waals surface area contributed by atoms with Crippen LogP contribution in [-0.2, 0) is 14.3 Å². The Balaban J connectivity index is 2.57. The van der Waals surface area contributed by atoms with Crippen LogP contribution in [0.2, 0.25) is 0 Å². The lowest BCUT2D eigenvalue weighted by Crippen LogP contribution is -2.76. The van der Waals surface area contributed by atoms with Gasteiger partial charge < -0.3 is 20.9 Å². The van der Waals surface area contributed by atoms with E-state index >= 15 is 0 Å². The number of hydrogen-bond donors (Lipinski definition) is 3. The number of ether oxygens (including phenoxy) is 1. The molecular weight excluding hydrogens is 260 g/mol. The van der Waals surface area contributed by atoms with Gasteiger partial charge in [-0.25, -0.2) is 0 Å². The predicted molar refractivity (Wildman–Crippen MR) is 75.2 cm³/mol. The van der Waals surface area contributed by atoms with E-state index < -0.39 is 16.9 Å². The molecule has 0 aromatic heterocycles. The molecule has 1 aliphatic carbocycles. The summed E-state index contributed by atoms with van der Waals surface area (Å²) in [5, 5.41) is 11.4. The van der Waals surface area contributed by atoms with Crippen LogP contribution in [0.1, 0.15) is 47.0 Å². The molecule has 0 radical (unpaired) electrons. The molecule has 0 bridgehead atoms. The summed E-state index contributed by atoms with van der Waals surface area (Å²) in [7, 11) is 0. The molecule has 20 heavy (non-hydrogen) atoms. The van der Waals surface area contributed by atoms with E-state index in [-0.39, 0.29) is 24.5 Å². The second-order valence-corrected chi connectivity index (χ2v) is 6.15. The van der Waals surface area contributed by atoms with Gasteiger partial charge in [-0.2, -0.15) is 0 Å². The summed E-state index contributed by atoms with van der Waals surface area (Å²) >= 11 is 0. The van der Waals surface area contributed by atoms with Crippen molar-refractivity contribution < 1.29 is 19.4 Å². The SMILES string of the molecule is CCOC1CC(N)(C(=O)NC(C)CCC(=O)O)C1(C)C. The first-order valence-electron chi connectivity index (χ1n) is 7.08. The molecule has 0 saturated heterocycles. The van der Waals surface area contributed by atoms with Gasteiger partial charge in [0.2, 0.25) is 5.91 Å². The van der Waals surface area contributed by atoms with Gasteiger partial charge in [0, 0.05) is 30.9 Å². The van der Waals surface area contributed by atoms with Gasteiger partial charge in [-0.1, -0.05) is 13.8 Å². The first kappa shape index (κ1) is 16.9. The number of rotatable bonds is 7. The Bertz CT molecular complexity index is 383. The summed E-state index contributed by atoms with van der Waals surface area (Å²) < 4.78 is 5.58. The predicted octanol–water partition coefficient (Wildman–Crippen LogP) is 0.888. The number of carbonyl (C=O) groups excluding carboxylic acids is 1. The van der Waals surface area contributed by atoms with Gasteiger partial charge in [-0.15, -0.1) is 0 Å². The van der Waals surface area contributed by atoms with Gasteiger partial charge in [0.05, 0.1) is 6.10 Å². The molecule has 3 unspecified atom stereocenters. The molecule has 0 aromatic rings. The average Bonchev–Trinajstić information content (AvgIpc) is 2.35. The number of carboxylic acid groups (broad SMARTS) is 1. The fourth-order valence-corrected chi connectivity index (χ4v) is 2.59. The quantitative estimate of drug-likeness (QED) is 0.645. The standard InChI is InChI=1S/C14H26N2O4/c1-5-20-10-8-14(15,13(10,3)4)12(19)16-9(2)6-7-11(17)18/h9-10H,5-8,15H2,1-4H3,(H,16,19)(H,17,18). The van der Waals surface area contributed by atoms with E-state index in [1.54, 1.807) is 6.92 Å². The molecule has 4 N–H and O–H groups in total. The zero-order valence-corrected chi connectivity index (χ0v) is 12.7. The highest BCUT2D eigenvalue weighted by atomic mass is 16.5. The van der Waals surface area contributed by atoms with E-state index in [1.807, 2.05) is 20.8 Å². The highest BCUT2D eigenvalue weighted by Crippen LogP contribution is 2.49. The second-order valence-electron chi connectivity index (χ2n) is 6.15. The Hall–Kier alpha value is -1.14. The fourth-order valence-electron chi connectivity index (χ4n) is 2.59. The average molecular weight is 286 g/mol. The van der Waals surface area contributed by atoms with Gasteiger partial charge in [-0.3, -0.25) is 9.59 Å². The topological polar surface area (TPSA) is 102 Å². The zero-order chi connectivity index (χ0) is 15.6. The van der Waals surface area contributed by atoms with Crippen molar-refractivity contribution in [1.82, 2.24) is 5.32 Å². The molecule has 6 heteroatoms. The zero-order valence-electron chi connectivity index (χ0n) is 12.7. The summed E-state index contributed by atoms with van der Waals surface area (Å²) in [6, 6.07) is -0.207. The number of hydrogen-bond acceptors (Lipinski definition) is 4. The van der Waals surface area contributed by atoms with Crippen molar-refractivity contribution in [2.45, 2.75) is 64.6 Å². The molecule has 1 amide bonds. The molecule has 0 heterocycles. The van der Waals surface area contributed by atoms with Crippen LogP contribution in [0.15, 0.2) is 0 Å². The fraction of sp³-hybridized carbons (Fsp3) is 0.857. The second kappa shape index (κ2) is 6.10. The molecular formula is C14H26N2O4. The first-order valence-corrected chi connectivity index (χ1v) is 7.08. The highest BCUT2D eigenvalue weighted by molar-refractivity contribution is 5.89. The Kier molecular flexibility index (Phi) is 5.15. The normalized spacial score (nSPS) is 29.4. The summed E-state index contributed by atoms with van der Waals surface area (Å²) in [5.41, 5.74) is 4.86. The van der Waals surface area contributed by atoms with Gasteiger partial charge in [-0.05, 0) is 20.3 Å². The molecule has 3 atom stereocenters. The largest absolute Gasteiger partial charge is 0.481 e. The number of nitrogens with two attached hydrogens (primary N) is 1. The van der Waals surface area contributed by atoms with Gasteiger partial charge in [0.1, 0.15) is 5.54 Å². The Labute approximate surface area is 120 Å². The number of carboxylic acids is 1. The Morgan fingerprint density at radius 3 is 2.55 bits per heavy atom. The van der Waals surface area contributed by atoms with Crippen molar-refractivity contribution in [1.29, 1.82) is 0 Å². The molecule has 0 spiro atoms. The van der Waals surface area contributed by atoms with Crippen molar-refractivity contribution in [3.05, 3.63) is 0 Å². The number of amides is 1. The van der Waals surface area contributed by atoms with E-state index in [1.165, 1.54) is 0 Å². The van der Waals surface area contributed by atoms with Crippen molar-refractivity contribution in [2.75, 3.05) is 6.61 Å². The van der Waals surface area contributed by atoms with E-state index in [9.17, 15) is 9.59 Å². The summed E-state index contributed by atoms with van der Waals surface area (Å²) in [6.07, 6.45) is 0.902. The molecule has 1 aliphatic rings. The third-order valence-electron chi connectivity index (χ3n) is 4.40. The summed E-state index contributed by atoms with van der Waals surface area (Å²) in [4.78, 5) is 22.8. The maximum absolute atomic E-state index is 12.3. The third-order valence-corrected chi connectivity index (χ3v) is 4.40. The van der Waals surface area contributed by atoms with Crippen molar-refractivity contribution >= 4 is 11.9 Å². The first-order chi connectivity index (χ1) is 9.15. The molecule has 1 rings (SSSR count). The van der Waals surface area contributed by atoms with Crippen LogP contribution in [0.25, 0.3) is 0 Å². The molecule has 116 valence electrons. The highest BCUT2D eigenvalue weighted by Gasteiger charge is 2.62. The third kappa shape index (κ3) is 3.12. The summed E-state index contributed by atoms with van der Waals surface area (Å²) in [5.74, 6) is -1.09. The van der Waals surface area contributed by atoms with E-state index in [0.717, 1.165) is 0 Å². The van der Waals surface area contributed by atoms with Gasteiger partial charge >= 0.3 is 5.97 Å². The Morgan fingerprint density at radius 1 is 1.50 bits per heavy atom.